The van der Waals surface area contributed by atoms with E-state index in [2.05, 4.69) is 15.9 Å². The summed E-state index contributed by atoms with van der Waals surface area (Å²) in [5.74, 6) is -0.787. The molecule has 88 valence electrons. The van der Waals surface area contributed by atoms with Crippen LogP contribution in [0.4, 0.5) is 4.39 Å². The average Bonchev–Trinajstić information content (AvgIpc) is 2.29. The molecule has 1 aromatic carbocycles. The third-order valence-electron chi connectivity index (χ3n) is 2.40. The molecule has 1 rings (SSSR count). The van der Waals surface area contributed by atoms with Gasteiger partial charge in [-0.1, -0.05) is 0 Å². The summed E-state index contributed by atoms with van der Waals surface area (Å²) >= 11 is 3.19. The van der Waals surface area contributed by atoms with Gasteiger partial charge in [-0.3, -0.25) is 4.79 Å². The smallest absolute Gasteiger partial charge is 0.255 e. The summed E-state index contributed by atoms with van der Waals surface area (Å²) in [6.07, 6.45) is 0. The molecule has 0 aliphatic rings. The van der Waals surface area contributed by atoms with Gasteiger partial charge in [-0.15, -0.1) is 0 Å². The predicted octanol–water partition coefficient (Wildman–Crippen LogP) is 2.04. The fourth-order valence-corrected chi connectivity index (χ4v) is 1.59. The second-order valence-corrected chi connectivity index (χ2v) is 4.43. The highest BCUT2D eigenvalue weighted by Gasteiger charge is 2.19. The number of carbonyl (C=O) groups excluding carboxylic acids is 1. The van der Waals surface area contributed by atoms with E-state index in [1.165, 1.54) is 23.1 Å². The molecule has 0 aliphatic heterocycles. The zero-order chi connectivity index (χ0) is 12.3. The number of hydrogen-bond acceptors (Lipinski definition) is 2. The summed E-state index contributed by atoms with van der Waals surface area (Å²) in [4.78, 5) is 13.3. The van der Waals surface area contributed by atoms with Crippen LogP contribution in [0, 0.1) is 5.82 Å². The molecule has 0 saturated heterocycles. The Hall–Kier alpha value is -0.940. The molecule has 1 aromatic rings. The van der Waals surface area contributed by atoms with Crippen molar-refractivity contribution in [2.24, 2.45) is 0 Å². The zero-order valence-electron chi connectivity index (χ0n) is 9.08. The first-order valence-corrected chi connectivity index (χ1v) is 5.59. The van der Waals surface area contributed by atoms with Crippen LogP contribution in [0.15, 0.2) is 22.7 Å². The van der Waals surface area contributed by atoms with Gasteiger partial charge in [0.15, 0.2) is 0 Å². The Morgan fingerprint density at radius 3 is 2.81 bits per heavy atom. The van der Waals surface area contributed by atoms with Gasteiger partial charge < -0.3 is 10.0 Å². The molecule has 16 heavy (non-hydrogen) atoms. The summed E-state index contributed by atoms with van der Waals surface area (Å²) in [6.45, 7) is 1.58. The monoisotopic (exact) mass is 289 g/mol. The SMILES string of the molecule is CC(CO)N(C)C(=O)c1cc(F)ccc1Br. The van der Waals surface area contributed by atoms with Crippen LogP contribution in [-0.4, -0.2) is 35.6 Å². The number of benzene rings is 1. The van der Waals surface area contributed by atoms with Gasteiger partial charge in [-0.05, 0) is 41.1 Å². The van der Waals surface area contributed by atoms with E-state index in [0.717, 1.165) is 0 Å². The molecule has 0 heterocycles. The maximum Gasteiger partial charge on any atom is 0.255 e. The van der Waals surface area contributed by atoms with Gasteiger partial charge in [-0.25, -0.2) is 4.39 Å². The van der Waals surface area contributed by atoms with E-state index in [1.807, 2.05) is 0 Å². The van der Waals surface area contributed by atoms with Crippen molar-refractivity contribution in [2.45, 2.75) is 13.0 Å². The normalized spacial score (nSPS) is 12.3. The van der Waals surface area contributed by atoms with Crippen LogP contribution in [-0.2, 0) is 0 Å². The molecule has 1 atom stereocenters. The van der Waals surface area contributed by atoms with Crippen LogP contribution < -0.4 is 0 Å². The molecule has 1 amide bonds. The number of carbonyl (C=O) groups is 1. The molecule has 0 fully saturated rings. The Balaban J connectivity index is 3.00. The fourth-order valence-electron chi connectivity index (χ4n) is 1.17. The summed E-state index contributed by atoms with van der Waals surface area (Å²) in [5, 5.41) is 8.95. The highest BCUT2D eigenvalue weighted by Crippen LogP contribution is 2.19. The summed E-state index contributed by atoms with van der Waals surface area (Å²) in [6, 6.07) is 3.63. The molecular formula is C11H13BrFNO2. The van der Waals surface area contributed by atoms with Gasteiger partial charge in [0.2, 0.25) is 0 Å². The molecule has 1 N–H and O–H groups in total. The van der Waals surface area contributed by atoms with E-state index in [0.29, 0.717) is 4.47 Å². The fraction of sp³-hybridized carbons (Fsp3) is 0.364. The minimum Gasteiger partial charge on any atom is -0.394 e. The summed E-state index contributed by atoms with van der Waals surface area (Å²) in [7, 11) is 1.57. The first-order valence-electron chi connectivity index (χ1n) is 4.80. The van der Waals surface area contributed by atoms with Gasteiger partial charge in [0.1, 0.15) is 5.82 Å². The third-order valence-corrected chi connectivity index (χ3v) is 3.10. The maximum absolute atomic E-state index is 13.0. The number of nitrogens with zero attached hydrogens (tertiary/aromatic N) is 1. The standard InChI is InChI=1S/C11H13BrFNO2/c1-7(6-15)14(2)11(16)9-5-8(13)3-4-10(9)12/h3-5,7,15H,6H2,1-2H3. The molecule has 3 nitrogen and oxygen atoms in total. The Labute approximate surface area is 102 Å². The minimum atomic E-state index is -0.461. The van der Waals surface area contributed by atoms with Crippen molar-refractivity contribution >= 4 is 21.8 Å². The Morgan fingerprint density at radius 2 is 2.25 bits per heavy atom. The summed E-state index contributed by atoms with van der Waals surface area (Å²) < 4.78 is 13.6. The van der Waals surface area contributed by atoms with Gasteiger partial charge in [0.25, 0.3) is 5.91 Å². The molecule has 1 unspecified atom stereocenters. The van der Waals surface area contributed by atoms with Gasteiger partial charge in [0, 0.05) is 11.5 Å². The Morgan fingerprint density at radius 1 is 1.62 bits per heavy atom. The molecule has 0 aliphatic carbocycles. The van der Waals surface area contributed by atoms with E-state index < -0.39 is 5.82 Å². The lowest BCUT2D eigenvalue weighted by atomic mass is 10.1. The number of aliphatic hydroxyl groups is 1. The largest absolute Gasteiger partial charge is 0.394 e. The number of halogens is 2. The number of amides is 1. The van der Waals surface area contributed by atoms with Crippen LogP contribution in [0.2, 0.25) is 0 Å². The second kappa shape index (κ2) is 5.41. The van der Waals surface area contributed by atoms with Crippen molar-refractivity contribution < 1.29 is 14.3 Å². The highest BCUT2D eigenvalue weighted by atomic mass is 79.9. The van der Waals surface area contributed by atoms with Gasteiger partial charge in [0.05, 0.1) is 18.2 Å². The number of aliphatic hydroxyl groups excluding tert-OH is 1. The Bertz CT molecular complexity index is 398. The van der Waals surface area contributed by atoms with E-state index in [9.17, 15) is 9.18 Å². The van der Waals surface area contributed by atoms with Crippen molar-refractivity contribution in [1.29, 1.82) is 0 Å². The van der Waals surface area contributed by atoms with E-state index in [1.54, 1.807) is 14.0 Å². The molecule has 0 saturated carbocycles. The first-order chi connectivity index (χ1) is 7.47. The third kappa shape index (κ3) is 2.80. The average molecular weight is 290 g/mol. The molecule has 0 radical (unpaired) electrons. The van der Waals surface area contributed by atoms with Crippen molar-refractivity contribution in [2.75, 3.05) is 13.7 Å². The van der Waals surface area contributed by atoms with Gasteiger partial charge in [-0.2, -0.15) is 0 Å². The summed E-state index contributed by atoms with van der Waals surface area (Å²) in [5.41, 5.74) is 0.253. The van der Waals surface area contributed by atoms with Gasteiger partial charge >= 0.3 is 0 Å². The predicted molar refractivity (Wildman–Crippen MR) is 62.7 cm³/mol. The number of hydrogen-bond donors (Lipinski definition) is 1. The van der Waals surface area contributed by atoms with Crippen LogP contribution in [0.25, 0.3) is 0 Å². The van der Waals surface area contributed by atoms with E-state index in [4.69, 9.17) is 5.11 Å². The first kappa shape index (κ1) is 13.1. The van der Waals surface area contributed by atoms with Crippen molar-refractivity contribution in [1.82, 2.24) is 4.90 Å². The van der Waals surface area contributed by atoms with Crippen LogP contribution in [0.1, 0.15) is 17.3 Å². The van der Waals surface area contributed by atoms with Crippen LogP contribution in [0.3, 0.4) is 0 Å². The zero-order valence-corrected chi connectivity index (χ0v) is 10.7. The second-order valence-electron chi connectivity index (χ2n) is 3.57. The van der Waals surface area contributed by atoms with Crippen molar-refractivity contribution in [3.05, 3.63) is 34.1 Å². The molecular weight excluding hydrogens is 277 g/mol. The number of likely N-dealkylation sites (N-methyl/N-ethyl adjacent to an activating group) is 1. The Kier molecular flexibility index (Phi) is 4.44. The minimum absolute atomic E-state index is 0.130. The highest BCUT2D eigenvalue weighted by molar-refractivity contribution is 9.10. The molecule has 5 heteroatoms. The maximum atomic E-state index is 13.0. The van der Waals surface area contributed by atoms with E-state index in [-0.39, 0.29) is 24.1 Å². The molecule has 0 aromatic heterocycles. The topological polar surface area (TPSA) is 40.5 Å². The van der Waals surface area contributed by atoms with Crippen molar-refractivity contribution in [3.63, 3.8) is 0 Å². The molecule has 0 spiro atoms. The van der Waals surface area contributed by atoms with Crippen LogP contribution >= 0.6 is 15.9 Å². The van der Waals surface area contributed by atoms with E-state index >= 15 is 0 Å². The lowest BCUT2D eigenvalue weighted by molar-refractivity contribution is 0.0681. The lowest BCUT2D eigenvalue weighted by Crippen LogP contribution is -2.37. The quantitative estimate of drug-likeness (QED) is 0.925. The van der Waals surface area contributed by atoms with Crippen molar-refractivity contribution in [3.8, 4) is 0 Å². The number of rotatable bonds is 3. The van der Waals surface area contributed by atoms with Crippen LogP contribution in [0.5, 0.6) is 0 Å². The lowest BCUT2D eigenvalue weighted by Gasteiger charge is -2.23. The molecule has 0 bridgehead atoms.